The SMILES string of the molecule is CCCOCCCn1c(CCl)nc2c(CCC)nn(C)c21. The van der Waals surface area contributed by atoms with Crippen LogP contribution in [-0.4, -0.2) is 32.5 Å². The van der Waals surface area contributed by atoms with E-state index in [-0.39, 0.29) is 0 Å². The van der Waals surface area contributed by atoms with E-state index in [9.17, 15) is 0 Å². The molecule has 0 amide bonds. The van der Waals surface area contributed by atoms with Crippen LogP contribution in [-0.2, 0) is 30.6 Å². The quantitative estimate of drug-likeness (QED) is 0.527. The molecule has 118 valence electrons. The first-order valence-electron chi connectivity index (χ1n) is 7.77. The highest BCUT2D eigenvalue weighted by molar-refractivity contribution is 6.16. The van der Waals surface area contributed by atoms with E-state index in [1.54, 1.807) is 0 Å². The molecule has 2 aromatic rings. The Kier molecular flexibility index (Phi) is 6.06. The molecule has 0 aliphatic carbocycles. The summed E-state index contributed by atoms with van der Waals surface area (Å²) < 4.78 is 9.66. The Balaban J connectivity index is 2.20. The lowest BCUT2D eigenvalue weighted by molar-refractivity contribution is 0.129. The summed E-state index contributed by atoms with van der Waals surface area (Å²) in [5.41, 5.74) is 3.15. The maximum absolute atomic E-state index is 6.06. The zero-order valence-corrected chi connectivity index (χ0v) is 14.0. The molecule has 0 bridgehead atoms. The predicted octanol–water partition coefficient (Wildman–Crippen LogP) is 3.28. The van der Waals surface area contributed by atoms with Gasteiger partial charge in [-0.3, -0.25) is 4.68 Å². The topological polar surface area (TPSA) is 44.9 Å². The average molecular weight is 313 g/mol. The van der Waals surface area contributed by atoms with Crippen molar-refractivity contribution >= 4 is 22.8 Å². The molecule has 0 aliphatic rings. The van der Waals surface area contributed by atoms with Gasteiger partial charge in [0.05, 0.1) is 11.6 Å². The normalized spacial score (nSPS) is 11.6. The van der Waals surface area contributed by atoms with E-state index >= 15 is 0 Å². The van der Waals surface area contributed by atoms with Gasteiger partial charge in [-0.2, -0.15) is 5.10 Å². The Morgan fingerprint density at radius 2 is 2.00 bits per heavy atom. The van der Waals surface area contributed by atoms with E-state index < -0.39 is 0 Å². The van der Waals surface area contributed by atoms with Gasteiger partial charge in [0.15, 0.2) is 5.65 Å². The van der Waals surface area contributed by atoms with Gasteiger partial charge in [0.1, 0.15) is 11.3 Å². The number of imidazole rings is 1. The highest BCUT2D eigenvalue weighted by Gasteiger charge is 2.18. The molecule has 0 aliphatic heterocycles. The highest BCUT2D eigenvalue weighted by atomic mass is 35.5. The Hall–Kier alpha value is -1.07. The maximum Gasteiger partial charge on any atom is 0.158 e. The Morgan fingerprint density at radius 1 is 1.19 bits per heavy atom. The maximum atomic E-state index is 6.06. The summed E-state index contributed by atoms with van der Waals surface area (Å²) in [6.07, 6.45) is 4.05. The van der Waals surface area contributed by atoms with Gasteiger partial charge in [-0.1, -0.05) is 20.3 Å². The fraction of sp³-hybridized carbons (Fsp3) is 0.733. The van der Waals surface area contributed by atoms with E-state index in [2.05, 4.69) is 23.5 Å². The van der Waals surface area contributed by atoms with Crippen LogP contribution in [0, 0.1) is 0 Å². The van der Waals surface area contributed by atoms with Crippen LogP contribution in [0.5, 0.6) is 0 Å². The van der Waals surface area contributed by atoms with Crippen molar-refractivity contribution in [1.29, 1.82) is 0 Å². The first kappa shape index (κ1) is 16.3. The summed E-state index contributed by atoms with van der Waals surface area (Å²) in [6.45, 7) is 6.75. The molecule has 0 radical (unpaired) electrons. The fourth-order valence-corrected chi connectivity index (χ4v) is 2.80. The van der Waals surface area contributed by atoms with Crippen molar-refractivity contribution in [2.24, 2.45) is 7.05 Å². The number of hydrogen-bond donors (Lipinski definition) is 0. The van der Waals surface area contributed by atoms with Gasteiger partial charge < -0.3 is 9.30 Å². The molecule has 5 nitrogen and oxygen atoms in total. The molecule has 0 atom stereocenters. The van der Waals surface area contributed by atoms with Crippen molar-refractivity contribution in [2.75, 3.05) is 13.2 Å². The van der Waals surface area contributed by atoms with Crippen molar-refractivity contribution in [3.8, 4) is 0 Å². The van der Waals surface area contributed by atoms with Crippen LogP contribution < -0.4 is 0 Å². The molecular weight excluding hydrogens is 288 g/mol. The second kappa shape index (κ2) is 7.80. The number of halogens is 1. The smallest absolute Gasteiger partial charge is 0.158 e. The third-order valence-corrected chi connectivity index (χ3v) is 3.73. The number of nitrogens with zero attached hydrogens (tertiary/aromatic N) is 4. The molecular formula is C15H25ClN4O. The third kappa shape index (κ3) is 3.58. The molecule has 0 saturated carbocycles. The number of aromatic nitrogens is 4. The van der Waals surface area contributed by atoms with Crippen LogP contribution in [0.1, 0.15) is 44.6 Å². The van der Waals surface area contributed by atoms with Crippen LogP contribution in [0.4, 0.5) is 0 Å². The average Bonchev–Trinajstić information content (AvgIpc) is 2.98. The number of rotatable bonds is 9. The van der Waals surface area contributed by atoms with Gasteiger partial charge in [-0.05, 0) is 19.3 Å². The molecule has 0 unspecified atom stereocenters. The Morgan fingerprint density at radius 3 is 2.67 bits per heavy atom. The highest BCUT2D eigenvalue weighted by Crippen LogP contribution is 2.22. The van der Waals surface area contributed by atoms with Crippen molar-refractivity contribution in [3.63, 3.8) is 0 Å². The summed E-state index contributed by atoms with van der Waals surface area (Å²) in [6, 6.07) is 0. The van der Waals surface area contributed by atoms with Crippen molar-refractivity contribution in [2.45, 2.75) is 52.0 Å². The minimum Gasteiger partial charge on any atom is -0.381 e. The van der Waals surface area contributed by atoms with E-state index in [1.807, 2.05) is 11.7 Å². The van der Waals surface area contributed by atoms with Gasteiger partial charge in [-0.25, -0.2) is 4.98 Å². The first-order valence-corrected chi connectivity index (χ1v) is 8.31. The van der Waals surface area contributed by atoms with Gasteiger partial charge in [-0.15, -0.1) is 11.6 Å². The van der Waals surface area contributed by atoms with Crippen LogP contribution in [0.2, 0.25) is 0 Å². The molecule has 2 aromatic heterocycles. The number of alkyl halides is 1. The molecule has 0 fully saturated rings. The molecule has 2 heterocycles. The van der Waals surface area contributed by atoms with E-state index in [0.717, 1.165) is 68.1 Å². The second-order valence-corrected chi connectivity index (χ2v) is 5.54. The van der Waals surface area contributed by atoms with E-state index in [0.29, 0.717) is 5.88 Å². The molecule has 0 aromatic carbocycles. The Labute approximate surface area is 131 Å². The van der Waals surface area contributed by atoms with Gasteiger partial charge in [0, 0.05) is 26.8 Å². The lowest BCUT2D eigenvalue weighted by Gasteiger charge is -2.08. The van der Waals surface area contributed by atoms with Crippen LogP contribution in [0.3, 0.4) is 0 Å². The summed E-state index contributed by atoms with van der Waals surface area (Å²) in [7, 11) is 1.98. The molecule has 0 N–H and O–H groups in total. The molecule has 6 heteroatoms. The molecule has 2 rings (SSSR count). The van der Waals surface area contributed by atoms with Crippen molar-refractivity contribution < 1.29 is 4.74 Å². The monoisotopic (exact) mass is 312 g/mol. The Bertz CT molecular complexity index is 576. The lowest BCUT2D eigenvalue weighted by Crippen LogP contribution is -2.09. The number of aryl methyl sites for hydroxylation is 3. The fourth-order valence-electron chi connectivity index (χ4n) is 2.60. The minimum atomic E-state index is 0.427. The minimum absolute atomic E-state index is 0.427. The third-order valence-electron chi connectivity index (χ3n) is 3.50. The number of ether oxygens (including phenoxy) is 1. The predicted molar refractivity (Wildman–Crippen MR) is 85.8 cm³/mol. The summed E-state index contributed by atoms with van der Waals surface area (Å²) in [5.74, 6) is 1.35. The van der Waals surface area contributed by atoms with Crippen LogP contribution in [0.15, 0.2) is 0 Å². The summed E-state index contributed by atoms with van der Waals surface area (Å²) >= 11 is 6.06. The number of hydrogen-bond acceptors (Lipinski definition) is 3. The van der Waals surface area contributed by atoms with Crippen LogP contribution >= 0.6 is 11.6 Å². The molecule has 21 heavy (non-hydrogen) atoms. The van der Waals surface area contributed by atoms with Gasteiger partial charge >= 0.3 is 0 Å². The summed E-state index contributed by atoms with van der Waals surface area (Å²) in [4.78, 5) is 4.69. The largest absolute Gasteiger partial charge is 0.381 e. The molecule has 0 spiro atoms. The first-order chi connectivity index (χ1) is 10.2. The second-order valence-electron chi connectivity index (χ2n) is 5.27. The molecule has 0 saturated heterocycles. The van der Waals surface area contributed by atoms with E-state index in [1.165, 1.54) is 0 Å². The lowest BCUT2D eigenvalue weighted by atomic mass is 10.2. The number of fused-ring (bicyclic) bond motifs is 1. The zero-order chi connectivity index (χ0) is 15.2. The summed E-state index contributed by atoms with van der Waals surface area (Å²) in [5, 5.41) is 4.59. The van der Waals surface area contributed by atoms with Gasteiger partial charge in [0.25, 0.3) is 0 Å². The standard InChI is InChI=1S/C15H25ClN4O/c1-4-7-12-14-15(19(3)18-12)20(13(11-16)17-14)8-6-10-21-9-5-2/h4-11H2,1-3H3. The van der Waals surface area contributed by atoms with Crippen LogP contribution in [0.25, 0.3) is 11.2 Å². The van der Waals surface area contributed by atoms with E-state index in [4.69, 9.17) is 21.3 Å². The van der Waals surface area contributed by atoms with Gasteiger partial charge in [0.2, 0.25) is 0 Å². The zero-order valence-electron chi connectivity index (χ0n) is 13.2. The van der Waals surface area contributed by atoms with Crippen molar-refractivity contribution in [1.82, 2.24) is 19.3 Å². The van der Waals surface area contributed by atoms with Crippen molar-refractivity contribution in [3.05, 3.63) is 11.5 Å².